The molecule has 0 heterocycles. The first-order valence-electron chi connectivity index (χ1n) is 6.06. The Kier molecular flexibility index (Phi) is 4.59. The van der Waals surface area contributed by atoms with Crippen molar-refractivity contribution in [3.05, 3.63) is 58.1 Å². The maximum absolute atomic E-state index is 12.1. The smallest absolute Gasteiger partial charge is 0.337 e. The highest BCUT2D eigenvalue weighted by Gasteiger charge is 2.11. The number of benzene rings is 2. The molecule has 0 aliphatic carbocycles. The third kappa shape index (κ3) is 3.61. The van der Waals surface area contributed by atoms with Gasteiger partial charge in [0.25, 0.3) is 5.91 Å². The summed E-state index contributed by atoms with van der Waals surface area (Å²) < 4.78 is 5.41. The van der Waals surface area contributed by atoms with E-state index in [0.717, 1.165) is 4.47 Å². The molecule has 0 aliphatic rings. The molecule has 1 amide bonds. The summed E-state index contributed by atoms with van der Waals surface area (Å²) in [6.45, 7) is 0. The number of nitrogen functional groups attached to an aromatic ring is 1. The van der Waals surface area contributed by atoms with Crippen LogP contribution < -0.4 is 11.1 Å². The first-order valence-corrected chi connectivity index (χ1v) is 6.85. The first-order chi connectivity index (χ1) is 10.0. The van der Waals surface area contributed by atoms with E-state index in [-0.39, 0.29) is 5.91 Å². The highest BCUT2D eigenvalue weighted by Crippen LogP contribution is 2.20. The number of carbonyl (C=O) groups excluding carboxylic acids is 2. The molecule has 0 aromatic heterocycles. The van der Waals surface area contributed by atoms with Crippen LogP contribution in [-0.4, -0.2) is 19.0 Å². The van der Waals surface area contributed by atoms with Crippen LogP contribution in [0.1, 0.15) is 20.7 Å². The van der Waals surface area contributed by atoms with Gasteiger partial charge in [-0.3, -0.25) is 4.79 Å². The van der Waals surface area contributed by atoms with E-state index in [4.69, 9.17) is 5.73 Å². The Bertz CT molecular complexity index is 684. The fourth-order valence-corrected chi connectivity index (χ4v) is 2.13. The summed E-state index contributed by atoms with van der Waals surface area (Å²) in [5, 5.41) is 2.72. The van der Waals surface area contributed by atoms with Crippen LogP contribution >= 0.6 is 15.9 Å². The van der Waals surface area contributed by atoms with Crippen LogP contribution in [0.25, 0.3) is 0 Å². The highest BCUT2D eigenvalue weighted by atomic mass is 79.9. The van der Waals surface area contributed by atoms with Crippen molar-refractivity contribution in [3.63, 3.8) is 0 Å². The van der Waals surface area contributed by atoms with E-state index in [2.05, 4.69) is 26.0 Å². The molecule has 0 saturated carbocycles. The van der Waals surface area contributed by atoms with Crippen LogP contribution in [0, 0.1) is 0 Å². The van der Waals surface area contributed by atoms with Gasteiger partial charge in [-0.25, -0.2) is 4.79 Å². The third-order valence-electron chi connectivity index (χ3n) is 2.82. The molecule has 0 fully saturated rings. The van der Waals surface area contributed by atoms with Crippen molar-refractivity contribution < 1.29 is 14.3 Å². The van der Waals surface area contributed by atoms with Gasteiger partial charge in [-0.1, -0.05) is 15.9 Å². The predicted octanol–water partition coefficient (Wildman–Crippen LogP) is 3.07. The summed E-state index contributed by atoms with van der Waals surface area (Å²) in [5.74, 6) is -0.740. The number of nitrogens with one attached hydrogen (secondary N) is 1. The Labute approximate surface area is 130 Å². The van der Waals surface area contributed by atoms with Crippen LogP contribution in [-0.2, 0) is 4.74 Å². The van der Waals surface area contributed by atoms with Gasteiger partial charge >= 0.3 is 5.97 Å². The van der Waals surface area contributed by atoms with Crippen LogP contribution in [0.4, 0.5) is 11.4 Å². The minimum absolute atomic E-state index is 0.314. The van der Waals surface area contributed by atoms with E-state index >= 15 is 0 Å². The molecule has 21 heavy (non-hydrogen) atoms. The normalized spacial score (nSPS) is 10.0. The number of hydrogen-bond acceptors (Lipinski definition) is 4. The van der Waals surface area contributed by atoms with Crippen molar-refractivity contribution in [3.8, 4) is 0 Å². The minimum atomic E-state index is -0.426. The Balaban J connectivity index is 2.14. The molecule has 0 spiro atoms. The maximum atomic E-state index is 12.1. The fourth-order valence-electron chi connectivity index (χ4n) is 1.75. The molecule has 0 aliphatic heterocycles. The van der Waals surface area contributed by atoms with Crippen molar-refractivity contribution in [2.24, 2.45) is 0 Å². The summed E-state index contributed by atoms with van der Waals surface area (Å²) in [5.41, 5.74) is 7.55. The molecule has 0 radical (unpaired) electrons. The number of esters is 1. The lowest BCUT2D eigenvalue weighted by Crippen LogP contribution is -2.14. The highest BCUT2D eigenvalue weighted by molar-refractivity contribution is 9.10. The molecule has 5 nitrogen and oxygen atoms in total. The van der Waals surface area contributed by atoms with Crippen LogP contribution in [0.5, 0.6) is 0 Å². The second-order valence-electron chi connectivity index (χ2n) is 4.25. The number of methoxy groups -OCH3 is 1. The first kappa shape index (κ1) is 15.1. The van der Waals surface area contributed by atoms with Gasteiger partial charge in [0.15, 0.2) is 0 Å². The molecule has 3 N–H and O–H groups in total. The van der Waals surface area contributed by atoms with E-state index in [1.54, 1.807) is 42.5 Å². The van der Waals surface area contributed by atoms with Crippen molar-refractivity contribution >= 4 is 39.2 Å². The molecule has 2 aromatic rings. The van der Waals surface area contributed by atoms with Crippen molar-refractivity contribution in [1.29, 1.82) is 0 Å². The number of rotatable bonds is 3. The zero-order valence-electron chi connectivity index (χ0n) is 11.2. The van der Waals surface area contributed by atoms with Crippen LogP contribution in [0.3, 0.4) is 0 Å². The molecule has 0 atom stereocenters. The number of ether oxygens (including phenoxy) is 1. The summed E-state index contributed by atoms with van der Waals surface area (Å²) in [6.07, 6.45) is 0. The Morgan fingerprint density at radius 1 is 1.14 bits per heavy atom. The van der Waals surface area contributed by atoms with Gasteiger partial charge in [-0.2, -0.15) is 0 Å². The third-order valence-corrected chi connectivity index (χ3v) is 3.32. The summed E-state index contributed by atoms with van der Waals surface area (Å²) in [4.78, 5) is 23.4. The van der Waals surface area contributed by atoms with Gasteiger partial charge in [-0.05, 0) is 42.5 Å². The van der Waals surface area contributed by atoms with Gasteiger partial charge in [0.05, 0.1) is 18.2 Å². The number of hydrogen-bond donors (Lipinski definition) is 2. The standard InChI is InChI=1S/C15H13BrN2O3/c1-21-15(20)9-2-5-11(6-3-9)18-14(19)12-7-4-10(16)8-13(12)17/h2-8H,17H2,1H3,(H,18,19). The van der Waals surface area contributed by atoms with Gasteiger partial charge in [0.1, 0.15) is 0 Å². The van der Waals surface area contributed by atoms with E-state index in [1.807, 2.05) is 0 Å². The molecule has 6 heteroatoms. The minimum Gasteiger partial charge on any atom is -0.465 e. The molecule has 108 valence electrons. The zero-order valence-corrected chi connectivity index (χ0v) is 12.8. The van der Waals surface area contributed by atoms with Gasteiger partial charge in [-0.15, -0.1) is 0 Å². The van der Waals surface area contributed by atoms with E-state index in [0.29, 0.717) is 22.5 Å². The SMILES string of the molecule is COC(=O)c1ccc(NC(=O)c2ccc(Br)cc2N)cc1. The number of anilines is 2. The molecule has 2 aromatic carbocycles. The average Bonchev–Trinajstić information content (AvgIpc) is 2.47. The van der Waals surface area contributed by atoms with E-state index in [9.17, 15) is 9.59 Å². The topological polar surface area (TPSA) is 81.4 Å². The van der Waals surface area contributed by atoms with E-state index in [1.165, 1.54) is 7.11 Å². The monoisotopic (exact) mass is 348 g/mol. The molecular formula is C15H13BrN2O3. The number of amides is 1. The number of nitrogens with two attached hydrogens (primary N) is 1. The lowest BCUT2D eigenvalue weighted by molar-refractivity contribution is 0.0600. The Hall–Kier alpha value is -2.34. The van der Waals surface area contributed by atoms with Gasteiger partial charge in [0, 0.05) is 15.8 Å². The zero-order chi connectivity index (χ0) is 15.4. The van der Waals surface area contributed by atoms with Crippen molar-refractivity contribution in [1.82, 2.24) is 0 Å². The molecule has 0 unspecified atom stereocenters. The molecular weight excluding hydrogens is 336 g/mol. The van der Waals surface area contributed by atoms with Crippen molar-refractivity contribution in [2.45, 2.75) is 0 Å². The Morgan fingerprint density at radius 2 is 1.81 bits per heavy atom. The average molecular weight is 349 g/mol. The number of carbonyl (C=O) groups is 2. The second kappa shape index (κ2) is 6.41. The quantitative estimate of drug-likeness (QED) is 0.659. The van der Waals surface area contributed by atoms with E-state index < -0.39 is 5.97 Å². The van der Waals surface area contributed by atoms with Crippen LogP contribution in [0.2, 0.25) is 0 Å². The fraction of sp³-hybridized carbons (Fsp3) is 0.0667. The molecule has 0 saturated heterocycles. The van der Waals surface area contributed by atoms with Gasteiger partial charge in [0.2, 0.25) is 0 Å². The second-order valence-corrected chi connectivity index (χ2v) is 5.17. The summed E-state index contributed by atoms with van der Waals surface area (Å²) in [7, 11) is 1.31. The molecule has 2 rings (SSSR count). The lowest BCUT2D eigenvalue weighted by Gasteiger charge is -2.08. The number of halogens is 1. The summed E-state index contributed by atoms with van der Waals surface area (Å²) in [6, 6.07) is 11.4. The van der Waals surface area contributed by atoms with Crippen molar-refractivity contribution in [2.75, 3.05) is 18.2 Å². The predicted molar refractivity (Wildman–Crippen MR) is 84.3 cm³/mol. The molecule has 0 bridgehead atoms. The largest absolute Gasteiger partial charge is 0.465 e. The lowest BCUT2D eigenvalue weighted by atomic mass is 10.1. The summed E-state index contributed by atoms with van der Waals surface area (Å²) >= 11 is 3.29. The maximum Gasteiger partial charge on any atom is 0.337 e. The van der Waals surface area contributed by atoms with Crippen LogP contribution in [0.15, 0.2) is 46.9 Å². The van der Waals surface area contributed by atoms with Gasteiger partial charge < -0.3 is 15.8 Å². The Morgan fingerprint density at radius 3 is 2.38 bits per heavy atom.